The fourth-order valence-corrected chi connectivity index (χ4v) is 3.08. The van der Waals surface area contributed by atoms with Crippen molar-refractivity contribution in [2.24, 2.45) is 11.5 Å². The summed E-state index contributed by atoms with van der Waals surface area (Å²) in [5.74, 6) is 0. The van der Waals surface area contributed by atoms with Crippen LogP contribution in [0.3, 0.4) is 0 Å². The number of nitrogens with two attached hydrogens (primary N) is 2. The van der Waals surface area contributed by atoms with Gasteiger partial charge in [-0.15, -0.1) is 0 Å². The topological polar surface area (TPSA) is 111 Å². The van der Waals surface area contributed by atoms with Gasteiger partial charge in [0, 0.05) is 26.2 Å². The Morgan fingerprint density at radius 1 is 0.562 bits per heavy atom. The maximum atomic E-state index is 12.8. The van der Waals surface area contributed by atoms with Gasteiger partial charge >= 0.3 is 12.2 Å². The van der Waals surface area contributed by atoms with Crippen molar-refractivity contribution in [1.82, 2.24) is 9.80 Å². The second-order valence-corrected chi connectivity index (χ2v) is 10.3. The third-order valence-electron chi connectivity index (χ3n) is 4.71. The van der Waals surface area contributed by atoms with E-state index in [0.29, 0.717) is 39.3 Å². The summed E-state index contributed by atoms with van der Waals surface area (Å²) in [4.78, 5) is 28.9. The number of nitrogens with zero attached hydrogens (tertiary/aromatic N) is 2. The van der Waals surface area contributed by atoms with Gasteiger partial charge in [0.2, 0.25) is 0 Å². The molecular weight excluding hydrogens is 408 g/mol. The van der Waals surface area contributed by atoms with Gasteiger partial charge in [-0.1, -0.05) is 25.7 Å². The van der Waals surface area contributed by atoms with Crippen LogP contribution >= 0.6 is 0 Å². The van der Waals surface area contributed by atoms with Gasteiger partial charge in [0.1, 0.15) is 11.2 Å². The fourth-order valence-electron chi connectivity index (χ4n) is 3.08. The Morgan fingerprint density at radius 3 is 1.16 bits per heavy atom. The molecule has 4 N–H and O–H groups in total. The number of unbranched alkanes of at least 4 members (excludes halogenated alkanes) is 6. The molecule has 0 radical (unpaired) electrons. The van der Waals surface area contributed by atoms with Crippen LogP contribution in [0.25, 0.3) is 0 Å². The third-order valence-corrected chi connectivity index (χ3v) is 4.71. The molecule has 0 aromatic carbocycles. The monoisotopic (exact) mass is 458 g/mol. The molecule has 190 valence electrons. The number of carbonyl (C=O) groups is 2. The predicted molar refractivity (Wildman–Crippen MR) is 131 cm³/mol. The highest BCUT2D eigenvalue weighted by molar-refractivity contribution is 5.69. The maximum Gasteiger partial charge on any atom is 0.410 e. The lowest BCUT2D eigenvalue weighted by Gasteiger charge is -2.31. The minimum Gasteiger partial charge on any atom is -0.444 e. The van der Waals surface area contributed by atoms with E-state index < -0.39 is 11.2 Å². The van der Waals surface area contributed by atoms with Crippen molar-refractivity contribution in [1.29, 1.82) is 0 Å². The first-order valence-electron chi connectivity index (χ1n) is 12.3. The van der Waals surface area contributed by atoms with E-state index in [0.717, 1.165) is 51.4 Å². The largest absolute Gasteiger partial charge is 0.444 e. The molecular formula is C24H50N4O4. The molecule has 32 heavy (non-hydrogen) atoms. The molecule has 0 aliphatic rings. The molecule has 0 unspecified atom stereocenters. The normalized spacial score (nSPS) is 11.9. The van der Waals surface area contributed by atoms with Crippen molar-refractivity contribution in [3.05, 3.63) is 0 Å². The standard InChI is InChI=1S/C24H50N4O4/c1-23(2,3)31-21(29)27(17-13-9-7-11-15-25)19-20-28(18-14-10-8-12-16-26)22(30)32-24(4,5)6/h7-20,25-26H2,1-6H3. The van der Waals surface area contributed by atoms with Crippen molar-refractivity contribution in [2.75, 3.05) is 39.3 Å². The molecule has 0 saturated carbocycles. The van der Waals surface area contributed by atoms with Crippen LogP contribution < -0.4 is 11.5 Å². The van der Waals surface area contributed by atoms with Gasteiger partial charge < -0.3 is 30.7 Å². The molecule has 0 aromatic rings. The Kier molecular flexibility index (Phi) is 15.4. The molecule has 0 aliphatic heterocycles. The first kappa shape index (κ1) is 30.5. The highest BCUT2D eigenvalue weighted by Gasteiger charge is 2.25. The van der Waals surface area contributed by atoms with E-state index in [9.17, 15) is 9.59 Å². The molecule has 0 rings (SSSR count). The van der Waals surface area contributed by atoms with Gasteiger partial charge in [-0.2, -0.15) is 0 Å². The Labute approximate surface area is 196 Å². The SMILES string of the molecule is CC(C)(C)OC(=O)N(CCCCCCN)CCN(CCCCCCN)C(=O)OC(C)(C)C. The molecule has 0 atom stereocenters. The van der Waals surface area contributed by atoms with Crippen LogP contribution in [0.2, 0.25) is 0 Å². The first-order valence-corrected chi connectivity index (χ1v) is 12.3. The van der Waals surface area contributed by atoms with E-state index in [-0.39, 0.29) is 12.2 Å². The molecule has 0 saturated heterocycles. The first-order chi connectivity index (χ1) is 14.9. The van der Waals surface area contributed by atoms with Crippen molar-refractivity contribution < 1.29 is 19.1 Å². The fraction of sp³-hybridized carbons (Fsp3) is 0.917. The van der Waals surface area contributed by atoms with Gasteiger partial charge in [0.15, 0.2) is 0 Å². The molecule has 0 aromatic heterocycles. The second-order valence-electron chi connectivity index (χ2n) is 10.3. The molecule has 0 bridgehead atoms. The van der Waals surface area contributed by atoms with Crippen molar-refractivity contribution in [2.45, 2.75) is 104 Å². The quantitative estimate of drug-likeness (QED) is 0.350. The summed E-state index contributed by atoms with van der Waals surface area (Å²) in [5.41, 5.74) is 10.0. The van der Waals surface area contributed by atoms with Crippen molar-refractivity contribution >= 4 is 12.2 Å². The van der Waals surface area contributed by atoms with E-state index in [1.54, 1.807) is 9.80 Å². The van der Waals surface area contributed by atoms with Gasteiger partial charge in [-0.05, 0) is 80.3 Å². The van der Waals surface area contributed by atoms with Crippen molar-refractivity contribution in [3.63, 3.8) is 0 Å². The zero-order valence-electron chi connectivity index (χ0n) is 21.6. The highest BCUT2D eigenvalue weighted by Crippen LogP contribution is 2.14. The van der Waals surface area contributed by atoms with Crippen LogP contribution in [0, 0.1) is 0 Å². The summed E-state index contributed by atoms with van der Waals surface area (Å²) < 4.78 is 11.2. The number of carbonyl (C=O) groups excluding carboxylic acids is 2. The van der Waals surface area contributed by atoms with Gasteiger partial charge in [-0.3, -0.25) is 0 Å². The molecule has 2 amide bonds. The number of hydrogen-bond donors (Lipinski definition) is 2. The molecule has 8 nitrogen and oxygen atoms in total. The maximum absolute atomic E-state index is 12.8. The van der Waals surface area contributed by atoms with Gasteiger partial charge in [0.25, 0.3) is 0 Å². The molecule has 0 spiro atoms. The number of amides is 2. The van der Waals surface area contributed by atoms with E-state index in [2.05, 4.69) is 0 Å². The summed E-state index contributed by atoms with van der Waals surface area (Å²) in [6.07, 6.45) is 7.16. The second kappa shape index (κ2) is 16.1. The third kappa shape index (κ3) is 17.1. The molecule has 8 heteroatoms. The number of rotatable bonds is 15. The zero-order valence-corrected chi connectivity index (χ0v) is 21.6. The Morgan fingerprint density at radius 2 is 0.875 bits per heavy atom. The van der Waals surface area contributed by atoms with Crippen LogP contribution in [-0.2, 0) is 9.47 Å². The Hall–Kier alpha value is -1.54. The minimum absolute atomic E-state index is 0.344. The van der Waals surface area contributed by atoms with E-state index in [1.165, 1.54) is 0 Å². The summed E-state index contributed by atoms with van der Waals surface area (Å²) in [7, 11) is 0. The zero-order chi connectivity index (χ0) is 24.6. The lowest BCUT2D eigenvalue weighted by atomic mass is 10.2. The average Bonchev–Trinajstić information content (AvgIpc) is 2.65. The molecule has 0 aliphatic carbocycles. The van der Waals surface area contributed by atoms with E-state index >= 15 is 0 Å². The van der Waals surface area contributed by atoms with Gasteiger partial charge in [-0.25, -0.2) is 9.59 Å². The van der Waals surface area contributed by atoms with Gasteiger partial charge in [0.05, 0.1) is 0 Å². The number of hydrogen-bond acceptors (Lipinski definition) is 6. The Bertz CT molecular complexity index is 469. The molecule has 0 heterocycles. The Balaban J connectivity index is 5.04. The van der Waals surface area contributed by atoms with Crippen LogP contribution in [0.5, 0.6) is 0 Å². The predicted octanol–water partition coefficient (Wildman–Crippen LogP) is 4.50. The summed E-state index contributed by atoms with van der Waals surface area (Å²) in [6, 6.07) is 0. The van der Waals surface area contributed by atoms with Crippen LogP contribution in [0.4, 0.5) is 9.59 Å². The smallest absolute Gasteiger partial charge is 0.410 e. The van der Waals surface area contributed by atoms with Crippen LogP contribution in [0.1, 0.15) is 92.9 Å². The summed E-state index contributed by atoms with van der Waals surface area (Å²) >= 11 is 0. The van der Waals surface area contributed by atoms with Crippen LogP contribution in [-0.4, -0.2) is 72.5 Å². The van der Waals surface area contributed by atoms with E-state index in [4.69, 9.17) is 20.9 Å². The van der Waals surface area contributed by atoms with E-state index in [1.807, 2.05) is 41.5 Å². The lowest BCUT2D eigenvalue weighted by Crippen LogP contribution is -2.45. The van der Waals surface area contributed by atoms with Crippen molar-refractivity contribution in [3.8, 4) is 0 Å². The highest BCUT2D eigenvalue weighted by atomic mass is 16.6. The van der Waals surface area contributed by atoms with Crippen LogP contribution in [0.15, 0.2) is 0 Å². The average molecular weight is 459 g/mol. The lowest BCUT2D eigenvalue weighted by molar-refractivity contribution is 0.0131. The minimum atomic E-state index is -0.567. The summed E-state index contributed by atoms with van der Waals surface area (Å²) in [5, 5.41) is 0. The molecule has 0 fully saturated rings. The summed E-state index contributed by atoms with van der Waals surface area (Å²) in [6.45, 7) is 14.5. The number of ether oxygens (including phenoxy) is 2.